The van der Waals surface area contributed by atoms with Gasteiger partial charge in [-0.1, -0.05) is 0 Å². The van der Waals surface area contributed by atoms with E-state index >= 15 is 0 Å². The van der Waals surface area contributed by atoms with Gasteiger partial charge in [0.05, 0.1) is 5.75 Å². The van der Waals surface area contributed by atoms with Crippen LogP contribution in [0.25, 0.3) is 0 Å². The second-order valence-corrected chi connectivity index (χ2v) is 6.27. The van der Waals surface area contributed by atoms with Gasteiger partial charge in [-0.15, -0.1) is 4.21 Å². The summed E-state index contributed by atoms with van der Waals surface area (Å²) in [5.74, 6) is -0.0134. The van der Waals surface area contributed by atoms with Crippen LogP contribution in [0.2, 0.25) is 0 Å². The maximum Gasteiger partial charge on any atom is 0.257 e. The van der Waals surface area contributed by atoms with Gasteiger partial charge in [0.25, 0.3) is 8.87 Å². The first-order chi connectivity index (χ1) is 4.41. The normalized spacial score (nSPS) is 39.4. The first kappa shape index (κ1) is 8.28. The third-order valence-corrected chi connectivity index (χ3v) is 4.38. The Morgan fingerprint density at radius 1 is 1.60 bits per heavy atom. The summed E-state index contributed by atoms with van der Waals surface area (Å²) < 4.78 is 19.6. The predicted molar refractivity (Wildman–Crippen MR) is 36.3 cm³/mol. The van der Waals surface area contributed by atoms with Crippen LogP contribution in [-0.2, 0) is 8.87 Å². The number of hydrogen-bond acceptors (Lipinski definition) is 5. The maximum atomic E-state index is 10.7. The van der Waals surface area contributed by atoms with Crippen LogP contribution >= 0.6 is 11.0 Å². The standard InChI is InChI=1S/C3H7NO4S2/c5-4(6)2-1-3-10(7,8)9-4/h5H,1-3H2. The summed E-state index contributed by atoms with van der Waals surface area (Å²) in [4.78, 5) is 0. The third kappa shape index (κ3) is 2.10. The van der Waals surface area contributed by atoms with E-state index in [0.29, 0.717) is 0 Å². The third-order valence-electron chi connectivity index (χ3n) is 1.07. The van der Waals surface area contributed by atoms with E-state index in [1.54, 1.807) is 0 Å². The molecule has 7 heteroatoms. The van der Waals surface area contributed by atoms with Gasteiger partial charge in [0.15, 0.2) is 0 Å². The maximum absolute atomic E-state index is 10.7. The highest BCUT2D eigenvalue weighted by molar-refractivity contribution is 8.69. The van der Waals surface area contributed by atoms with Gasteiger partial charge >= 0.3 is 0 Å². The lowest BCUT2D eigenvalue weighted by Crippen LogP contribution is -2.38. The zero-order valence-electron chi connectivity index (χ0n) is 5.06. The molecule has 0 spiro atoms. The molecule has 1 saturated heterocycles. The number of hydroxylamine groups is 2. The molecule has 0 aliphatic carbocycles. The van der Waals surface area contributed by atoms with Crippen LogP contribution in [0.15, 0.2) is 0 Å². The van der Waals surface area contributed by atoms with E-state index in [-0.39, 0.29) is 29.7 Å². The highest BCUT2D eigenvalue weighted by Gasteiger charge is 2.33. The number of quaternary nitrogens is 1. The summed E-state index contributed by atoms with van der Waals surface area (Å²) in [6.45, 7) is -0.0517. The Hall–Kier alpha value is 0.180. The van der Waals surface area contributed by atoms with Gasteiger partial charge in [0.1, 0.15) is 6.54 Å². The van der Waals surface area contributed by atoms with Gasteiger partial charge in [-0.05, 0) is 0 Å². The van der Waals surface area contributed by atoms with E-state index in [1.807, 2.05) is 0 Å². The summed E-state index contributed by atoms with van der Waals surface area (Å²) >= 11 is 0. The van der Waals surface area contributed by atoms with Crippen molar-refractivity contribution in [2.24, 2.45) is 0 Å². The number of nitrogens with zero attached hydrogens (tertiary/aromatic N) is 1. The fourth-order valence-corrected chi connectivity index (χ4v) is 3.67. The zero-order valence-corrected chi connectivity index (χ0v) is 6.69. The molecule has 1 N–H and O–H groups in total. The Morgan fingerprint density at radius 3 is 2.50 bits per heavy atom. The van der Waals surface area contributed by atoms with Gasteiger partial charge in [-0.25, -0.2) is 13.6 Å². The van der Waals surface area contributed by atoms with Crippen LogP contribution in [0, 0.1) is 5.21 Å². The van der Waals surface area contributed by atoms with E-state index in [2.05, 4.69) is 0 Å². The molecule has 0 amide bonds. The number of rotatable bonds is 0. The molecule has 1 aliphatic heterocycles. The van der Waals surface area contributed by atoms with Gasteiger partial charge in [-0.3, -0.25) is 0 Å². The molecule has 0 radical (unpaired) electrons. The van der Waals surface area contributed by atoms with Crippen LogP contribution < -0.4 is 0 Å². The minimum Gasteiger partial charge on any atom is -0.586 e. The SMILES string of the molecule is O=S1(=O)CCC[N+]([O-])(O)S1. The molecule has 1 atom stereocenters. The predicted octanol–water partition coefficient (Wildman–Crippen LogP) is 0.0719. The molecule has 1 aliphatic rings. The zero-order chi connectivity index (χ0) is 7.83. The summed E-state index contributed by atoms with van der Waals surface area (Å²) in [6.07, 6.45) is 0.231. The van der Waals surface area contributed by atoms with Crippen LogP contribution in [0.3, 0.4) is 0 Å². The summed E-state index contributed by atoms with van der Waals surface area (Å²) in [6, 6.07) is 0. The molecule has 0 aromatic heterocycles. The molecular weight excluding hydrogens is 178 g/mol. The van der Waals surface area contributed by atoms with Gasteiger partial charge in [-0.2, -0.15) is 0 Å². The number of hydrogen-bond donors (Lipinski definition) is 1. The fraction of sp³-hybridized carbons (Fsp3) is 1.00. The van der Waals surface area contributed by atoms with Crippen molar-refractivity contribution in [2.45, 2.75) is 6.42 Å². The van der Waals surface area contributed by atoms with E-state index in [4.69, 9.17) is 5.21 Å². The summed E-state index contributed by atoms with van der Waals surface area (Å²) in [5.41, 5.74) is 0. The highest BCUT2D eigenvalue weighted by atomic mass is 33.1. The van der Waals surface area contributed by atoms with Crippen molar-refractivity contribution in [1.29, 1.82) is 0 Å². The Kier molecular flexibility index (Phi) is 1.94. The molecule has 5 nitrogen and oxygen atoms in total. The van der Waals surface area contributed by atoms with Gasteiger partial charge in [0.2, 0.25) is 11.0 Å². The average molecular weight is 185 g/mol. The minimum atomic E-state index is -3.36. The smallest absolute Gasteiger partial charge is 0.257 e. The first-order valence-electron chi connectivity index (χ1n) is 2.67. The summed E-state index contributed by atoms with van der Waals surface area (Å²) in [7, 11) is -3.31. The molecule has 1 rings (SSSR count). The monoisotopic (exact) mass is 185 g/mol. The molecular formula is C3H7NO4S2. The molecule has 1 fully saturated rings. The van der Waals surface area contributed by atoms with E-state index < -0.39 is 13.1 Å². The van der Waals surface area contributed by atoms with Crippen molar-refractivity contribution in [3.05, 3.63) is 5.21 Å². The molecule has 0 saturated carbocycles. The topological polar surface area (TPSA) is 77.4 Å². The Bertz CT molecular complexity index is 221. The lowest BCUT2D eigenvalue weighted by atomic mass is 10.5. The second kappa shape index (κ2) is 2.35. The molecule has 10 heavy (non-hydrogen) atoms. The Morgan fingerprint density at radius 2 is 2.20 bits per heavy atom. The van der Waals surface area contributed by atoms with Crippen LogP contribution in [0.5, 0.6) is 0 Å². The van der Waals surface area contributed by atoms with Crippen LogP contribution in [0.1, 0.15) is 6.42 Å². The van der Waals surface area contributed by atoms with Crippen molar-refractivity contribution < 1.29 is 17.8 Å². The molecule has 1 unspecified atom stereocenters. The van der Waals surface area contributed by atoms with E-state index in [9.17, 15) is 13.6 Å². The van der Waals surface area contributed by atoms with Crippen molar-refractivity contribution in [3.63, 3.8) is 0 Å². The lowest BCUT2D eigenvalue weighted by molar-refractivity contribution is -0.949. The molecule has 0 aromatic rings. The Labute approximate surface area is 62.2 Å². The quantitative estimate of drug-likeness (QED) is 0.250. The van der Waals surface area contributed by atoms with E-state index in [1.165, 1.54) is 0 Å². The lowest BCUT2D eigenvalue weighted by Gasteiger charge is -2.32. The first-order valence-corrected chi connectivity index (χ1v) is 5.61. The van der Waals surface area contributed by atoms with E-state index in [0.717, 1.165) is 0 Å². The van der Waals surface area contributed by atoms with Crippen LogP contribution in [-0.4, -0.2) is 30.1 Å². The minimum absolute atomic E-state index is 0.0134. The van der Waals surface area contributed by atoms with Crippen molar-refractivity contribution in [3.8, 4) is 0 Å². The molecule has 60 valence electrons. The largest absolute Gasteiger partial charge is 0.586 e. The Balaban J connectivity index is 2.75. The van der Waals surface area contributed by atoms with Gasteiger partial charge in [0, 0.05) is 6.42 Å². The van der Waals surface area contributed by atoms with Crippen molar-refractivity contribution in [1.82, 2.24) is 0 Å². The second-order valence-electron chi connectivity index (χ2n) is 2.05. The van der Waals surface area contributed by atoms with Crippen molar-refractivity contribution >= 4 is 19.8 Å². The highest BCUT2D eigenvalue weighted by Crippen LogP contribution is 2.30. The van der Waals surface area contributed by atoms with Crippen molar-refractivity contribution in [2.75, 3.05) is 12.3 Å². The van der Waals surface area contributed by atoms with Gasteiger partial charge < -0.3 is 5.21 Å². The average Bonchev–Trinajstić information content (AvgIpc) is 1.56. The summed E-state index contributed by atoms with van der Waals surface area (Å²) in [5, 5.41) is 19.3. The molecule has 0 aromatic carbocycles. The molecule has 1 heterocycles. The fourth-order valence-electron chi connectivity index (χ4n) is 0.693. The van der Waals surface area contributed by atoms with Crippen LogP contribution in [0.4, 0.5) is 0 Å². The molecule has 0 bridgehead atoms.